The normalized spacial score (nSPS) is 18.8. The molecule has 0 bridgehead atoms. The quantitative estimate of drug-likeness (QED) is 0.653. The largest absolute Gasteiger partial charge is 0.468 e. The molecule has 1 aromatic heterocycles. The van der Waals surface area contributed by atoms with Crippen molar-refractivity contribution in [3.05, 3.63) is 23.7 Å². The first-order chi connectivity index (χ1) is 6.42. The van der Waals surface area contributed by atoms with Crippen LogP contribution >= 0.6 is 0 Å². The third-order valence-corrected chi connectivity index (χ3v) is 2.45. The second kappa shape index (κ2) is 3.75. The van der Waals surface area contributed by atoms with E-state index in [0.717, 1.165) is 38.1 Å². The fraction of sp³-hybridized carbons (Fsp3) is 0.500. The van der Waals surface area contributed by atoms with E-state index in [1.807, 2.05) is 0 Å². The van der Waals surface area contributed by atoms with Crippen molar-refractivity contribution in [3.8, 4) is 0 Å². The minimum absolute atomic E-state index is 0.365. The Balaban J connectivity index is 2.17. The summed E-state index contributed by atoms with van der Waals surface area (Å²) in [5.41, 5.74) is 0.687. The number of carbonyl (C=O) groups is 1. The molecule has 0 amide bonds. The Morgan fingerprint density at radius 3 is 2.85 bits per heavy atom. The van der Waals surface area contributed by atoms with E-state index < -0.39 is 0 Å². The molecular formula is C10H12O3. The molecular weight excluding hydrogens is 168 g/mol. The van der Waals surface area contributed by atoms with Gasteiger partial charge in [0.1, 0.15) is 5.76 Å². The number of aldehydes is 1. The summed E-state index contributed by atoms with van der Waals surface area (Å²) in [7, 11) is 0. The van der Waals surface area contributed by atoms with Crippen LogP contribution < -0.4 is 0 Å². The molecule has 0 N–H and O–H groups in total. The fourth-order valence-corrected chi connectivity index (χ4v) is 1.72. The van der Waals surface area contributed by atoms with Gasteiger partial charge in [-0.15, -0.1) is 0 Å². The van der Waals surface area contributed by atoms with Gasteiger partial charge in [0.15, 0.2) is 6.29 Å². The highest BCUT2D eigenvalue weighted by molar-refractivity contribution is 5.76. The van der Waals surface area contributed by atoms with Gasteiger partial charge in [-0.25, -0.2) is 0 Å². The van der Waals surface area contributed by atoms with E-state index >= 15 is 0 Å². The molecule has 0 aliphatic carbocycles. The van der Waals surface area contributed by atoms with Crippen LogP contribution in [0.4, 0.5) is 0 Å². The summed E-state index contributed by atoms with van der Waals surface area (Å²) >= 11 is 0. The lowest BCUT2D eigenvalue weighted by Gasteiger charge is -2.20. The molecule has 1 aliphatic rings. The Kier molecular flexibility index (Phi) is 2.45. The molecule has 2 rings (SSSR count). The van der Waals surface area contributed by atoms with Gasteiger partial charge in [-0.05, 0) is 18.9 Å². The summed E-state index contributed by atoms with van der Waals surface area (Å²) in [6.45, 7) is 1.54. The lowest BCUT2D eigenvalue weighted by molar-refractivity contribution is 0.0802. The number of hydrogen-bond donors (Lipinski definition) is 0. The summed E-state index contributed by atoms with van der Waals surface area (Å²) < 4.78 is 10.5. The van der Waals surface area contributed by atoms with Crippen LogP contribution in [0.25, 0.3) is 0 Å². The summed E-state index contributed by atoms with van der Waals surface area (Å²) in [5, 5.41) is 0. The van der Waals surface area contributed by atoms with Gasteiger partial charge in [0.05, 0.1) is 11.8 Å². The number of carbonyl (C=O) groups excluding carboxylic acids is 1. The Hall–Kier alpha value is -1.09. The molecule has 0 radical (unpaired) electrons. The first-order valence-corrected chi connectivity index (χ1v) is 4.52. The monoisotopic (exact) mass is 180 g/mol. The van der Waals surface area contributed by atoms with Gasteiger partial charge in [-0.2, -0.15) is 0 Å². The van der Waals surface area contributed by atoms with E-state index in [0.29, 0.717) is 11.5 Å². The Morgan fingerprint density at radius 1 is 1.38 bits per heavy atom. The molecule has 0 atom stereocenters. The molecule has 0 saturated carbocycles. The first kappa shape index (κ1) is 8.51. The SMILES string of the molecule is O=Cc1ccoc1C1CCOCC1. The van der Waals surface area contributed by atoms with Crippen LogP contribution in [0.5, 0.6) is 0 Å². The van der Waals surface area contributed by atoms with Crippen LogP contribution in [0.2, 0.25) is 0 Å². The van der Waals surface area contributed by atoms with Crippen molar-refractivity contribution in [3.63, 3.8) is 0 Å². The molecule has 1 fully saturated rings. The van der Waals surface area contributed by atoms with Crippen molar-refractivity contribution in [2.75, 3.05) is 13.2 Å². The topological polar surface area (TPSA) is 39.4 Å². The van der Waals surface area contributed by atoms with Crippen molar-refractivity contribution in [2.24, 2.45) is 0 Å². The second-order valence-corrected chi connectivity index (χ2v) is 3.24. The van der Waals surface area contributed by atoms with Crippen molar-refractivity contribution >= 4 is 6.29 Å². The minimum Gasteiger partial charge on any atom is -0.468 e. The zero-order valence-electron chi connectivity index (χ0n) is 7.36. The van der Waals surface area contributed by atoms with Crippen molar-refractivity contribution in [2.45, 2.75) is 18.8 Å². The van der Waals surface area contributed by atoms with Crippen LogP contribution in [0.1, 0.15) is 34.9 Å². The maximum absolute atomic E-state index is 10.6. The molecule has 0 spiro atoms. The van der Waals surface area contributed by atoms with Crippen LogP contribution in [0, 0.1) is 0 Å². The van der Waals surface area contributed by atoms with Gasteiger partial charge < -0.3 is 9.15 Å². The molecule has 70 valence electrons. The summed E-state index contributed by atoms with van der Waals surface area (Å²) in [5.74, 6) is 1.20. The molecule has 1 saturated heterocycles. The molecule has 3 heteroatoms. The average molecular weight is 180 g/mol. The lowest BCUT2D eigenvalue weighted by Crippen LogP contribution is -2.14. The van der Waals surface area contributed by atoms with E-state index in [1.165, 1.54) is 0 Å². The van der Waals surface area contributed by atoms with Crippen molar-refractivity contribution in [1.82, 2.24) is 0 Å². The second-order valence-electron chi connectivity index (χ2n) is 3.24. The highest BCUT2D eigenvalue weighted by Gasteiger charge is 2.21. The summed E-state index contributed by atoms with van der Waals surface area (Å²) in [4.78, 5) is 10.6. The molecule has 1 aromatic rings. The summed E-state index contributed by atoms with van der Waals surface area (Å²) in [6.07, 6.45) is 4.34. The van der Waals surface area contributed by atoms with Gasteiger partial charge in [-0.3, -0.25) is 4.79 Å². The van der Waals surface area contributed by atoms with Crippen molar-refractivity contribution < 1.29 is 13.9 Å². The van der Waals surface area contributed by atoms with Crippen LogP contribution in [-0.2, 0) is 4.74 Å². The number of hydrogen-bond acceptors (Lipinski definition) is 3. The number of ether oxygens (including phenoxy) is 1. The average Bonchev–Trinajstić information content (AvgIpc) is 2.67. The van der Waals surface area contributed by atoms with Gasteiger partial charge in [0.2, 0.25) is 0 Å². The van der Waals surface area contributed by atoms with E-state index in [1.54, 1.807) is 12.3 Å². The van der Waals surface area contributed by atoms with Crippen LogP contribution in [-0.4, -0.2) is 19.5 Å². The molecule has 0 unspecified atom stereocenters. The molecule has 0 aromatic carbocycles. The van der Waals surface area contributed by atoms with E-state index in [4.69, 9.17) is 9.15 Å². The third-order valence-electron chi connectivity index (χ3n) is 2.45. The standard InChI is InChI=1S/C10H12O3/c11-7-9-3-6-13-10(9)8-1-4-12-5-2-8/h3,6-8H,1-2,4-5H2. The zero-order valence-corrected chi connectivity index (χ0v) is 7.36. The van der Waals surface area contributed by atoms with Gasteiger partial charge in [0, 0.05) is 19.1 Å². The maximum atomic E-state index is 10.6. The van der Waals surface area contributed by atoms with E-state index in [-0.39, 0.29) is 0 Å². The zero-order chi connectivity index (χ0) is 9.10. The molecule has 1 aliphatic heterocycles. The highest BCUT2D eigenvalue weighted by Crippen LogP contribution is 2.29. The first-order valence-electron chi connectivity index (χ1n) is 4.52. The third kappa shape index (κ3) is 1.65. The Morgan fingerprint density at radius 2 is 2.15 bits per heavy atom. The van der Waals surface area contributed by atoms with E-state index in [2.05, 4.69) is 0 Å². The predicted molar refractivity (Wildman–Crippen MR) is 46.9 cm³/mol. The van der Waals surface area contributed by atoms with Gasteiger partial charge in [-0.1, -0.05) is 0 Å². The molecule has 13 heavy (non-hydrogen) atoms. The van der Waals surface area contributed by atoms with E-state index in [9.17, 15) is 4.79 Å². The van der Waals surface area contributed by atoms with Crippen LogP contribution in [0.3, 0.4) is 0 Å². The van der Waals surface area contributed by atoms with Crippen molar-refractivity contribution in [1.29, 1.82) is 0 Å². The number of rotatable bonds is 2. The van der Waals surface area contributed by atoms with Crippen LogP contribution in [0.15, 0.2) is 16.7 Å². The minimum atomic E-state index is 0.365. The molecule has 3 nitrogen and oxygen atoms in total. The maximum Gasteiger partial charge on any atom is 0.153 e. The fourth-order valence-electron chi connectivity index (χ4n) is 1.72. The highest BCUT2D eigenvalue weighted by atomic mass is 16.5. The predicted octanol–water partition coefficient (Wildman–Crippen LogP) is 1.99. The Labute approximate surface area is 76.7 Å². The van der Waals surface area contributed by atoms with Gasteiger partial charge in [0.25, 0.3) is 0 Å². The van der Waals surface area contributed by atoms with Gasteiger partial charge >= 0.3 is 0 Å². The molecule has 2 heterocycles. The Bertz CT molecular complexity index is 284. The smallest absolute Gasteiger partial charge is 0.153 e. The lowest BCUT2D eigenvalue weighted by atomic mass is 9.95. The summed E-state index contributed by atoms with van der Waals surface area (Å²) in [6, 6.07) is 1.72. The number of furan rings is 1.